The van der Waals surface area contributed by atoms with Gasteiger partial charge in [-0.25, -0.2) is 4.79 Å². The van der Waals surface area contributed by atoms with Gasteiger partial charge in [-0.1, -0.05) is 44.7 Å². The third-order valence-corrected chi connectivity index (χ3v) is 2.76. The Morgan fingerprint density at radius 1 is 1.11 bits per heavy atom. The molecule has 0 N–H and O–H groups in total. The quantitative estimate of drug-likeness (QED) is 0.401. The average molecular weight is 248 g/mol. The second-order valence-electron chi connectivity index (χ2n) is 4.29. The standard InChI is InChI=1S/C15H20O3/c1-2-3-4-5-6-11-18-15(17)14-9-7-13(12-16)8-10-14/h7-10,12H,2-6,11H2,1H3. The van der Waals surface area contributed by atoms with E-state index in [0.717, 1.165) is 19.1 Å². The molecule has 98 valence electrons. The summed E-state index contributed by atoms with van der Waals surface area (Å²) in [6.45, 7) is 2.64. The molecule has 0 saturated heterocycles. The zero-order chi connectivity index (χ0) is 13.2. The lowest BCUT2D eigenvalue weighted by Crippen LogP contribution is -2.06. The second kappa shape index (κ2) is 8.45. The number of rotatable bonds is 8. The van der Waals surface area contributed by atoms with Crippen LogP contribution in [0.2, 0.25) is 0 Å². The second-order valence-corrected chi connectivity index (χ2v) is 4.29. The van der Waals surface area contributed by atoms with E-state index in [1.807, 2.05) is 0 Å². The molecular formula is C15H20O3. The minimum absolute atomic E-state index is 0.317. The van der Waals surface area contributed by atoms with Crippen molar-refractivity contribution >= 4 is 12.3 Å². The van der Waals surface area contributed by atoms with Crippen molar-refractivity contribution < 1.29 is 14.3 Å². The number of aldehydes is 1. The first-order valence-corrected chi connectivity index (χ1v) is 6.50. The van der Waals surface area contributed by atoms with Crippen LogP contribution in [-0.2, 0) is 4.74 Å². The summed E-state index contributed by atoms with van der Waals surface area (Å²) in [7, 11) is 0. The van der Waals surface area contributed by atoms with Gasteiger partial charge in [-0.2, -0.15) is 0 Å². The van der Waals surface area contributed by atoms with Gasteiger partial charge in [0.05, 0.1) is 12.2 Å². The predicted molar refractivity (Wildman–Crippen MR) is 70.9 cm³/mol. The largest absolute Gasteiger partial charge is 0.462 e. The SMILES string of the molecule is CCCCCCCOC(=O)c1ccc(C=O)cc1. The van der Waals surface area contributed by atoms with Crippen LogP contribution in [0.15, 0.2) is 24.3 Å². The molecule has 1 aromatic carbocycles. The van der Waals surface area contributed by atoms with Gasteiger partial charge in [0, 0.05) is 5.56 Å². The van der Waals surface area contributed by atoms with Crippen LogP contribution in [0, 0.1) is 0 Å². The lowest BCUT2D eigenvalue weighted by Gasteiger charge is -2.04. The number of benzene rings is 1. The molecule has 3 nitrogen and oxygen atoms in total. The Kier molecular flexibility index (Phi) is 6.77. The van der Waals surface area contributed by atoms with E-state index < -0.39 is 0 Å². The normalized spacial score (nSPS) is 10.1. The molecule has 0 radical (unpaired) electrons. The van der Waals surface area contributed by atoms with Gasteiger partial charge in [0.25, 0.3) is 0 Å². The van der Waals surface area contributed by atoms with Gasteiger partial charge in [-0.3, -0.25) is 4.79 Å². The van der Waals surface area contributed by atoms with E-state index in [0.29, 0.717) is 17.7 Å². The minimum Gasteiger partial charge on any atom is -0.462 e. The Labute approximate surface area is 108 Å². The summed E-state index contributed by atoms with van der Waals surface area (Å²) in [5.74, 6) is -0.317. The summed E-state index contributed by atoms with van der Waals surface area (Å²) >= 11 is 0. The molecular weight excluding hydrogens is 228 g/mol. The maximum Gasteiger partial charge on any atom is 0.338 e. The molecule has 0 aliphatic carbocycles. The summed E-state index contributed by atoms with van der Waals surface area (Å²) in [4.78, 5) is 22.1. The number of ether oxygens (including phenoxy) is 1. The third-order valence-electron chi connectivity index (χ3n) is 2.76. The smallest absolute Gasteiger partial charge is 0.338 e. The first kappa shape index (κ1) is 14.4. The maximum atomic E-state index is 11.6. The van der Waals surface area contributed by atoms with Crippen molar-refractivity contribution in [3.8, 4) is 0 Å². The molecule has 1 aromatic rings. The van der Waals surface area contributed by atoms with Crippen molar-refractivity contribution in [3.63, 3.8) is 0 Å². The lowest BCUT2D eigenvalue weighted by atomic mass is 10.1. The Balaban J connectivity index is 2.25. The molecule has 0 atom stereocenters. The Morgan fingerprint density at radius 3 is 2.39 bits per heavy atom. The third kappa shape index (κ3) is 5.13. The summed E-state index contributed by atoms with van der Waals surface area (Å²) in [5.41, 5.74) is 1.06. The molecule has 0 heterocycles. The van der Waals surface area contributed by atoms with Crippen molar-refractivity contribution in [3.05, 3.63) is 35.4 Å². The molecule has 1 rings (SSSR count). The van der Waals surface area contributed by atoms with Gasteiger partial charge in [0.1, 0.15) is 6.29 Å². The summed E-state index contributed by atoms with van der Waals surface area (Å²) in [5, 5.41) is 0. The molecule has 0 aliphatic rings. The Hall–Kier alpha value is -1.64. The van der Waals surface area contributed by atoms with E-state index in [9.17, 15) is 9.59 Å². The topological polar surface area (TPSA) is 43.4 Å². The summed E-state index contributed by atoms with van der Waals surface area (Å²) in [6, 6.07) is 6.46. The average Bonchev–Trinajstić information content (AvgIpc) is 2.42. The molecule has 18 heavy (non-hydrogen) atoms. The fourth-order valence-electron chi connectivity index (χ4n) is 1.65. The van der Waals surface area contributed by atoms with Crippen LogP contribution in [0.4, 0.5) is 0 Å². The number of carbonyl (C=O) groups is 2. The van der Waals surface area contributed by atoms with E-state index in [1.165, 1.54) is 19.3 Å². The highest BCUT2D eigenvalue weighted by Gasteiger charge is 2.06. The van der Waals surface area contributed by atoms with Gasteiger partial charge in [0.2, 0.25) is 0 Å². The van der Waals surface area contributed by atoms with Crippen molar-refractivity contribution in [2.45, 2.75) is 39.0 Å². The van der Waals surface area contributed by atoms with Crippen molar-refractivity contribution in [1.29, 1.82) is 0 Å². The molecule has 0 aromatic heterocycles. The van der Waals surface area contributed by atoms with E-state index in [-0.39, 0.29) is 5.97 Å². The summed E-state index contributed by atoms with van der Waals surface area (Å²) < 4.78 is 5.15. The van der Waals surface area contributed by atoms with Crippen LogP contribution in [0.3, 0.4) is 0 Å². The van der Waals surface area contributed by atoms with Crippen molar-refractivity contribution in [1.82, 2.24) is 0 Å². The lowest BCUT2D eigenvalue weighted by molar-refractivity contribution is 0.0497. The van der Waals surface area contributed by atoms with Gasteiger partial charge < -0.3 is 4.74 Å². The van der Waals surface area contributed by atoms with E-state index in [1.54, 1.807) is 24.3 Å². The molecule has 3 heteroatoms. The zero-order valence-electron chi connectivity index (χ0n) is 10.9. The van der Waals surface area contributed by atoms with Gasteiger partial charge in [-0.05, 0) is 18.6 Å². The number of esters is 1. The van der Waals surface area contributed by atoms with Crippen LogP contribution in [0.1, 0.15) is 59.7 Å². The fraction of sp³-hybridized carbons (Fsp3) is 0.467. The molecule has 0 aliphatic heterocycles. The molecule has 0 amide bonds. The highest BCUT2D eigenvalue weighted by Crippen LogP contribution is 2.06. The van der Waals surface area contributed by atoms with Gasteiger partial charge in [0.15, 0.2) is 0 Å². The minimum atomic E-state index is -0.317. The molecule has 0 fully saturated rings. The van der Waals surface area contributed by atoms with Crippen LogP contribution >= 0.6 is 0 Å². The molecule has 0 bridgehead atoms. The summed E-state index contributed by atoms with van der Waals surface area (Å²) in [6.07, 6.45) is 6.41. The fourth-order valence-corrected chi connectivity index (χ4v) is 1.65. The van der Waals surface area contributed by atoms with E-state index >= 15 is 0 Å². The maximum absolute atomic E-state index is 11.6. The van der Waals surface area contributed by atoms with E-state index in [4.69, 9.17) is 4.74 Å². The highest BCUT2D eigenvalue weighted by atomic mass is 16.5. The van der Waals surface area contributed by atoms with Crippen molar-refractivity contribution in [2.75, 3.05) is 6.61 Å². The number of unbranched alkanes of at least 4 members (excludes halogenated alkanes) is 4. The first-order chi connectivity index (χ1) is 8.77. The van der Waals surface area contributed by atoms with Crippen LogP contribution in [0.25, 0.3) is 0 Å². The number of carbonyl (C=O) groups excluding carboxylic acids is 2. The van der Waals surface area contributed by atoms with Crippen LogP contribution in [0.5, 0.6) is 0 Å². The Bertz CT molecular complexity index is 368. The predicted octanol–water partition coefficient (Wildman–Crippen LogP) is 3.63. The van der Waals surface area contributed by atoms with Gasteiger partial charge in [-0.15, -0.1) is 0 Å². The first-order valence-electron chi connectivity index (χ1n) is 6.50. The molecule has 0 unspecified atom stereocenters. The molecule has 0 saturated carbocycles. The Morgan fingerprint density at radius 2 is 1.78 bits per heavy atom. The van der Waals surface area contributed by atoms with E-state index in [2.05, 4.69) is 6.92 Å². The van der Waals surface area contributed by atoms with Crippen LogP contribution < -0.4 is 0 Å². The van der Waals surface area contributed by atoms with Gasteiger partial charge >= 0.3 is 5.97 Å². The number of hydrogen-bond donors (Lipinski definition) is 0. The van der Waals surface area contributed by atoms with Crippen LogP contribution in [-0.4, -0.2) is 18.9 Å². The highest BCUT2D eigenvalue weighted by molar-refractivity contribution is 5.90. The molecule has 0 spiro atoms. The monoisotopic (exact) mass is 248 g/mol. The van der Waals surface area contributed by atoms with Crippen molar-refractivity contribution in [2.24, 2.45) is 0 Å². The number of hydrogen-bond acceptors (Lipinski definition) is 3. The zero-order valence-corrected chi connectivity index (χ0v) is 10.9.